The second kappa shape index (κ2) is 7.51. The van der Waals surface area contributed by atoms with Gasteiger partial charge in [0.2, 0.25) is 0 Å². The average Bonchev–Trinajstić information content (AvgIpc) is 3.29. The van der Waals surface area contributed by atoms with Crippen LogP contribution in [0.4, 0.5) is 5.69 Å². The number of aryl methyl sites for hydroxylation is 2. The van der Waals surface area contributed by atoms with Gasteiger partial charge in [-0.3, -0.25) is 19.5 Å². The molecule has 0 N–H and O–H groups in total. The highest BCUT2D eigenvalue weighted by Gasteiger charge is 2.43. The van der Waals surface area contributed by atoms with Crippen LogP contribution in [-0.2, 0) is 22.6 Å². The lowest BCUT2D eigenvalue weighted by Crippen LogP contribution is -2.34. The summed E-state index contributed by atoms with van der Waals surface area (Å²) in [7, 11) is 0. The first kappa shape index (κ1) is 19.2. The predicted octanol–water partition coefficient (Wildman–Crippen LogP) is 4.04. The number of hydrogen-bond donors (Lipinski definition) is 0. The van der Waals surface area contributed by atoms with Crippen molar-refractivity contribution in [1.29, 1.82) is 0 Å². The summed E-state index contributed by atoms with van der Waals surface area (Å²) >= 11 is 0. The van der Waals surface area contributed by atoms with Crippen LogP contribution < -0.4 is 4.90 Å². The van der Waals surface area contributed by atoms with Crippen molar-refractivity contribution < 1.29 is 9.59 Å². The molecule has 0 radical (unpaired) electrons. The van der Waals surface area contributed by atoms with Crippen LogP contribution in [0.5, 0.6) is 0 Å². The zero-order chi connectivity index (χ0) is 21.5. The van der Waals surface area contributed by atoms with E-state index in [4.69, 9.17) is 0 Å². The van der Waals surface area contributed by atoms with Crippen molar-refractivity contribution in [3.63, 3.8) is 0 Å². The van der Waals surface area contributed by atoms with E-state index in [1.54, 1.807) is 6.20 Å². The summed E-state index contributed by atoms with van der Waals surface area (Å²) in [5, 5.41) is 0. The topological polar surface area (TPSA) is 53.5 Å². The number of aromatic nitrogens is 1. The third-order valence-corrected chi connectivity index (χ3v) is 6.00. The largest absolute Gasteiger partial charge is 0.336 e. The van der Waals surface area contributed by atoms with E-state index in [1.165, 1.54) is 10.5 Å². The van der Waals surface area contributed by atoms with Crippen LogP contribution >= 0.6 is 0 Å². The predicted molar refractivity (Wildman–Crippen MR) is 120 cm³/mol. The van der Waals surface area contributed by atoms with E-state index >= 15 is 0 Å². The molecule has 3 aromatic rings. The molecule has 0 bridgehead atoms. The van der Waals surface area contributed by atoms with E-state index in [2.05, 4.69) is 17.1 Å². The van der Waals surface area contributed by atoms with E-state index < -0.39 is 0 Å². The summed E-state index contributed by atoms with van der Waals surface area (Å²) in [5.41, 5.74) is 6.75. The fourth-order valence-electron chi connectivity index (χ4n) is 4.52. The standard InChI is InChI=1S/C26H23N3O2/c1-17-10-11-21(18(2)15-17)23-24(28-14-12-19-7-3-4-9-22(19)28)26(31)29(25(23)30)16-20-8-5-6-13-27-20/h3-11,13,15H,12,14,16H2,1-2H3. The molecule has 0 saturated heterocycles. The van der Waals surface area contributed by atoms with Gasteiger partial charge in [0.05, 0.1) is 17.8 Å². The molecule has 0 unspecified atom stereocenters. The van der Waals surface area contributed by atoms with Gasteiger partial charge < -0.3 is 4.90 Å². The minimum atomic E-state index is -0.262. The maximum Gasteiger partial charge on any atom is 0.278 e. The molecule has 5 rings (SSSR count). The number of fused-ring (bicyclic) bond motifs is 1. The van der Waals surface area contributed by atoms with Crippen molar-refractivity contribution in [2.75, 3.05) is 11.4 Å². The van der Waals surface area contributed by atoms with Gasteiger partial charge in [-0.1, -0.05) is 48.0 Å². The van der Waals surface area contributed by atoms with E-state index in [9.17, 15) is 9.59 Å². The number of imide groups is 1. The molecular weight excluding hydrogens is 386 g/mol. The van der Waals surface area contributed by atoms with E-state index in [-0.39, 0.29) is 18.4 Å². The Kier molecular flexibility index (Phi) is 4.66. The fourth-order valence-corrected chi connectivity index (χ4v) is 4.52. The molecule has 0 atom stereocenters. The van der Waals surface area contributed by atoms with Gasteiger partial charge in [-0.15, -0.1) is 0 Å². The molecule has 2 aliphatic heterocycles. The molecule has 0 aliphatic carbocycles. The summed E-state index contributed by atoms with van der Waals surface area (Å²) < 4.78 is 0. The van der Waals surface area contributed by atoms with Crippen molar-refractivity contribution >= 4 is 23.1 Å². The Labute approximate surface area is 181 Å². The van der Waals surface area contributed by atoms with Crippen LogP contribution in [0.2, 0.25) is 0 Å². The maximum absolute atomic E-state index is 13.7. The van der Waals surface area contributed by atoms with Crippen LogP contribution in [0.1, 0.15) is 27.9 Å². The fraction of sp³-hybridized carbons (Fsp3) is 0.192. The van der Waals surface area contributed by atoms with Crippen LogP contribution in [0.15, 0.2) is 72.6 Å². The lowest BCUT2D eigenvalue weighted by atomic mass is 9.97. The van der Waals surface area contributed by atoms with E-state index in [0.29, 0.717) is 23.5 Å². The van der Waals surface area contributed by atoms with Gasteiger partial charge in [0.1, 0.15) is 5.70 Å². The minimum Gasteiger partial charge on any atom is -0.336 e. The number of benzene rings is 2. The first-order chi connectivity index (χ1) is 15.0. The molecule has 0 spiro atoms. The Morgan fingerprint density at radius 3 is 2.52 bits per heavy atom. The third-order valence-electron chi connectivity index (χ3n) is 6.00. The summed E-state index contributed by atoms with van der Waals surface area (Å²) in [5.74, 6) is -0.524. The molecule has 3 heterocycles. The first-order valence-electron chi connectivity index (χ1n) is 10.5. The van der Waals surface area contributed by atoms with E-state index in [0.717, 1.165) is 28.8 Å². The molecule has 2 aromatic carbocycles. The highest BCUT2D eigenvalue weighted by Crippen LogP contribution is 2.39. The Balaban J connectivity index is 1.65. The van der Waals surface area contributed by atoms with Gasteiger partial charge in [-0.25, -0.2) is 0 Å². The van der Waals surface area contributed by atoms with Crippen LogP contribution in [0, 0.1) is 13.8 Å². The Bertz CT molecular complexity index is 1230. The number of amides is 2. The minimum absolute atomic E-state index is 0.159. The number of hydrogen-bond acceptors (Lipinski definition) is 4. The van der Waals surface area contributed by atoms with Gasteiger partial charge in [0, 0.05) is 18.4 Å². The number of pyridine rings is 1. The molecule has 31 heavy (non-hydrogen) atoms. The number of carbonyl (C=O) groups excluding carboxylic acids is 2. The molecule has 2 amide bonds. The molecule has 2 aliphatic rings. The molecule has 5 heteroatoms. The zero-order valence-electron chi connectivity index (χ0n) is 17.6. The lowest BCUT2D eigenvalue weighted by molar-refractivity contribution is -0.137. The second-order valence-corrected chi connectivity index (χ2v) is 8.09. The molecule has 0 fully saturated rings. The molecule has 1 aromatic heterocycles. The Morgan fingerprint density at radius 2 is 1.74 bits per heavy atom. The SMILES string of the molecule is Cc1ccc(C2=C(N3CCc4ccccc43)C(=O)N(Cc3ccccn3)C2=O)c(C)c1. The van der Waals surface area contributed by atoms with Gasteiger partial charge in [0.15, 0.2) is 0 Å². The number of rotatable bonds is 4. The summed E-state index contributed by atoms with van der Waals surface area (Å²) in [6.07, 6.45) is 2.53. The maximum atomic E-state index is 13.7. The summed E-state index contributed by atoms with van der Waals surface area (Å²) in [6.45, 7) is 4.85. The quantitative estimate of drug-likeness (QED) is 0.611. The highest BCUT2D eigenvalue weighted by molar-refractivity contribution is 6.37. The zero-order valence-corrected chi connectivity index (χ0v) is 17.6. The number of carbonyl (C=O) groups is 2. The summed E-state index contributed by atoms with van der Waals surface area (Å²) in [6, 6.07) is 19.6. The molecule has 0 saturated carbocycles. The molecule has 154 valence electrons. The van der Waals surface area contributed by atoms with Crippen molar-refractivity contribution in [2.24, 2.45) is 0 Å². The number of para-hydroxylation sites is 1. The number of nitrogens with zero attached hydrogens (tertiary/aromatic N) is 3. The van der Waals surface area contributed by atoms with Gasteiger partial charge in [-0.2, -0.15) is 0 Å². The van der Waals surface area contributed by atoms with Crippen LogP contribution in [0.3, 0.4) is 0 Å². The Hall–Kier alpha value is -3.73. The molecular formula is C26H23N3O2. The molecule has 5 nitrogen and oxygen atoms in total. The van der Waals surface area contributed by atoms with Crippen LogP contribution in [-0.4, -0.2) is 28.2 Å². The second-order valence-electron chi connectivity index (χ2n) is 8.09. The van der Waals surface area contributed by atoms with Crippen molar-refractivity contribution in [1.82, 2.24) is 9.88 Å². The van der Waals surface area contributed by atoms with Crippen molar-refractivity contribution in [3.05, 3.63) is 101 Å². The van der Waals surface area contributed by atoms with Crippen molar-refractivity contribution in [3.8, 4) is 0 Å². The highest BCUT2D eigenvalue weighted by atomic mass is 16.2. The normalized spacial score (nSPS) is 15.8. The monoisotopic (exact) mass is 409 g/mol. The summed E-state index contributed by atoms with van der Waals surface area (Å²) in [4.78, 5) is 34.9. The lowest BCUT2D eigenvalue weighted by Gasteiger charge is -2.22. The van der Waals surface area contributed by atoms with Gasteiger partial charge in [0.25, 0.3) is 11.8 Å². The Morgan fingerprint density at radius 1 is 0.935 bits per heavy atom. The van der Waals surface area contributed by atoms with Gasteiger partial charge in [-0.05, 0) is 55.2 Å². The van der Waals surface area contributed by atoms with Crippen LogP contribution in [0.25, 0.3) is 5.57 Å². The third kappa shape index (κ3) is 3.22. The van der Waals surface area contributed by atoms with Gasteiger partial charge >= 0.3 is 0 Å². The average molecular weight is 409 g/mol. The first-order valence-corrected chi connectivity index (χ1v) is 10.5. The van der Waals surface area contributed by atoms with E-state index in [1.807, 2.05) is 67.3 Å². The smallest absolute Gasteiger partial charge is 0.278 e. The van der Waals surface area contributed by atoms with Crippen molar-refractivity contribution in [2.45, 2.75) is 26.8 Å². The number of anilines is 1.